The first-order chi connectivity index (χ1) is 10.3. The van der Waals surface area contributed by atoms with Crippen molar-refractivity contribution in [1.82, 2.24) is 0 Å². The maximum Gasteiger partial charge on any atom is 0.207 e. The second-order valence-electron chi connectivity index (χ2n) is 5.03. The third-order valence-corrected chi connectivity index (χ3v) is 3.74. The van der Waals surface area contributed by atoms with Gasteiger partial charge in [-0.2, -0.15) is 5.10 Å². The summed E-state index contributed by atoms with van der Waals surface area (Å²) in [4.78, 5) is 0. The van der Waals surface area contributed by atoms with Gasteiger partial charge in [-0.1, -0.05) is 30.4 Å². The Bertz CT molecular complexity index is 676. The van der Waals surface area contributed by atoms with Crippen molar-refractivity contribution in [2.75, 3.05) is 5.43 Å². The Hall–Kier alpha value is -2.53. The Balaban J connectivity index is 1.69. The molecular formula is C16H18N4O. The van der Waals surface area contributed by atoms with Crippen LogP contribution in [-0.2, 0) is 0 Å². The van der Waals surface area contributed by atoms with Crippen LogP contribution in [0.3, 0.4) is 0 Å². The minimum Gasteiger partial charge on any atom is -0.439 e. The van der Waals surface area contributed by atoms with Crippen molar-refractivity contribution >= 4 is 17.2 Å². The molecule has 5 heteroatoms. The molecule has 0 bridgehead atoms. The number of hydrazine groups is 1. The average molecular weight is 282 g/mol. The minimum absolute atomic E-state index is 0.395. The van der Waals surface area contributed by atoms with E-state index in [0.29, 0.717) is 11.8 Å². The van der Waals surface area contributed by atoms with Crippen LogP contribution in [0.1, 0.15) is 18.6 Å². The molecule has 1 unspecified atom stereocenters. The summed E-state index contributed by atoms with van der Waals surface area (Å²) in [5, 5.41) is 3.72. The van der Waals surface area contributed by atoms with Crippen LogP contribution in [0.4, 0.5) is 5.88 Å². The molecule has 2 aliphatic rings. The first-order valence-corrected chi connectivity index (χ1v) is 6.90. The van der Waals surface area contributed by atoms with E-state index < -0.39 is 0 Å². The molecule has 0 fully saturated rings. The van der Waals surface area contributed by atoms with Gasteiger partial charge in [0.1, 0.15) is 5.76 Å². The van der Waals surface area contributed by atoms with E-state index >= 15 is 0 Å². The number of allylic oxidation sites excluding steroid dienone is 8. The van der Waals surface area contributed by atoms with E-state index in [1.54, 1.807) is 0 Å². The second-order valence-corrected chi connectivity index (χ2v) is 5.03. The van der Waals surface area contributed by atoms with Crippen molar-refractivity contribution in [2.45, 2.75) is 12.8 Å². The molecule has 1 aromatic rings. The lowest BCUT2D eigenvalue weighted by Crippen LogP contribution is -2.07. The molecule has 5 nitrogen and oxygen atoms in total. The molecule has 3 rings (SSSR count). The third kappa shape index (κ3) is 2.83. The minimum atomic E-state index is 0.395. The fourth-order valence-electron chi connectivity index (χ4n) is 2.54. The highest BCUT2D eigenvalue weighted by molar-refractivity contribution is 5.97. The quantitative estimate of drug-likeness (QED) is 0.587. The van der Waals surface area contributed by atoms with Crippen LogP contribution in [0.2, 0.25) is 0 Å². The van der Waals surface area contributed by atoms with Crippen LogP contribution in [0.15, 0.2) is 63.7 Å². The Morgan fingerprint density at radius 1 is 1.19 bits per heavy atom. The molecule has 108 valence electrons. The van der Waals surface area contributed by atoms with Crippen molar-refractivity contribution < 1.29 is 4.42 Å². The lowest BCUT2D eigenvalue weighted by Gasteiger charge is -2.19. The molecule has 0 aliphatic heterocycles. The smallest absolute Gasteiger partial charge is 0.207 e. The standard InChI is InChI=1S/C16H18N4O/c17-19-14-7-5-12(6-8-14)11-1-3-13(4-2-11)15-9-10-16(20-18)21-15/h1,3-7,9-11,20H,2,8,17-18H2/b19-14-. The number of anilines is 1. The monoisotopic (exact) mass is 282 g/mol. The fraction of sp³-hybridized carbons (Fsp3) is 0.188. The molecule has 0 saturated heterocycles. The number of hydrogen-bond donors (Lipinski definition) is 3. The van der Waals surface area contributed by atoms with E-state index in [2.05, 4.69) is 40.9 Å². The van der Waals surface area contributed by atoms with Gasteiger partial charge < -0.3 is 10.3 Å². The molecule has 21 heavy (non-hydrogen) atoms. The van der Waals surface area contributed by atoms with Gasteiger partial charge in [-0.3, -0.25) is 5.43 Å². The number of furan rings is 1. The Morgan fingerprint density at radius 2 is 2.10 bits per heavy atom. The highest BCUT2D eigenvalue weighted by Crippen LogP contribution is 2.31. The predicted molar refractivity (Wildman–Crippen MR) is 85.2 cm³/mol. The van der Waals surface area contributed by atoms with Gasteiger partial charge in [0.25, 0.3) is 0 Å². The molecule has 1 heterocycles. The molecule has 0 radical (unpaired) electrons. The number of nitrogen functional groups attached to an aromatic ring is 1. The lowest BCUT2D eigenvalue weighted by molar-refractivity contribution is 0.566. The lowest BCUT2D eigenvalue weighted by atomic mass is 9.86. The molecule has 2 aliphatic carbocycles. The van der Waals surface area contributed by atoms with Crippen molar-refractivity contribution in [3.8, 4) is 0 Å². The Kier molecular flexibility index (Phi) is 3.75. The molecule has 1 aromatic heterocycles. The Labute approximate surface area is 123 Å². The van der Waals surface area contributed by atoms with Crippen molar-refractivity contribution in [1.29, 1.82) is 0 Å². The van der Waals surface area contributed by atoms with Crippen LogP contribution in [0, 0.1) is 5.92 Å². The van der Waals surface area contributed by atoms with E-state index in [9.17, 15) is 0 Å². The van der Waals surface area contributed by atoms with Gasteiger partial charge in [0.15, 0.2) is 0 Å². The molecule has 0 spiro atoms. The number of nitrogens with zero attached hydrogens (tertiary/aromatic N) is 1. The molecule has 0 amide bonds. The summed E-state index contributed by atoms with van der Waals surface area (Å²) in [6, 6.07) is 3.73. The van der Waals surface area contributed by atoms with Crippen LogP contribution in [0.5, 0.6) is 0 Å². The average Bonchev–Trinajstić information content (AvgIpc) is 3.04. The number of nitrogens with two attached hydrogens (primary N) is 2. The predicted octanol–water partition coefficient (Wildman–Crippen LogP) is 2.73. The normalized spacial score (nSPS) is 23.1. The maximum absolute atomic E-state index is 5.57. The van der Waals surface area contributed by atoms with E-state index in [0.717, 1.165) is 29.9 Å². The zero-order valence-corrected chi connectivity index (χ0v) is 11.6. The van der Waals surface area contributed by atoms with Crippen LogP contribution in [-0.4, -0.2) is 5.71 Å². The molecular weight excluding hydrogens is 264 g/mol. The molecule has 5 N–H and O–H groups in total. The number of rotatable bonds is 3. The van der Waals surface area contributed by atoms with Gasteiger partial charge in [-0.25, -0.2) is 5.84 Å². The summed E-state index contributed by atoms with van der Waals surface area (Å²) in [5.41, 5.74) is 5.79. The van der Waals surface area contributed by atoms with E-state index in [1.165, 1.54) is 5.57 Å². The zero-order valence-electron chi connectivity index (χ0n) is 11.6. The Morgan fingerprint density at radius 3 is 2.67 bits per heavy atom. The van der Waals surface area contributed by atoms with Crippen LogP contribution >= 0.6 is 0 Å². The first-order valence-electron chi connectivity index (χ1n) is 6.90. The second kappa shape index (κ2) is 5.85. The SMILES string of the molecule is N/N=C1/C=CC(C2C=CC(c3ccc(NN)o3)=CC2)=CC1. The number of hydrazone groups is 1. The number of hydrogen-bond acceptors (Lipinski definition) is 5. The summed E-state index contributed by atoms with van der Waals surface area (Å²) >= 11 is 0. The van der Waals surface area contributed by atoms with Crippen LogP contribution in [0.25, 0.3) is 5.57 Å². The highest BCUT2D eigenvalue weighted by Gasteiger charge is 2.16. The summed E-state index contributed by atoms with van der Waals surface area (Å²) in [5.74, 6) is 12.4. The van der Waals surface area contributed by atoms with E-state index in [1.807, 2.05) is 18.2 Å². The summed E-state index contributed by atoms with van der Waals surface area (Å²) < 4.78 is 5.57. The summed E-state index contributed by atoms with van der Waals surface area (Å²) in [6.45, 7) is 0. The van der Waals surface area contributed by atoms with Crippen LogP contribution < -0.4 is 17.1 Å². The molecule has 1 atom stereocenters. The summed E-state index contributed by atoms with van der Waals surface area (Å²) in [7, 11) is 0. The fourth-order valence-corrected chi connectivity index (χ4v) is 2.54. The largest absolute Gasteiger partial charge is 0.439 e. The molecule has 0 saturated carbocycles. The topological polar surface area (TPSA) is 89.6 Å². The first kappa shape index (κ1) is 13.5. The van der Waals surface area contributed by atoms with Gasteiger partial charge in [0.05, 0.1) is 5.71 Å². The zero-order chi connectivity index (χ0) is 14.7. The molecule has 0 aromatic carbocycles. The van der Waals surface area contributed by atoms with Crippen molar-refractivity contribution in [3.05, 3.63) is 59.9 Å². The van der Waals surface area contributed by atoms with Crippen molar-refractivity contribution in [3.63, 3.8) is 0 Å². The van der Waals surface area contributed by atoms with Crippen molar-refractivity contribution in [2.24, 2.45) is 22.7 Å². The maximum atomic E-state index is 5.57. The highest BCUT2D eigenvalue weighted by atomic mass is 16.4. The van der Waals surface area contributed by atoms with E-state index in [4.69, 9.17) is 16.1 Å². The summed E-state index contributed by atoms with van der Waals surface area (Å²) in [6.07, 6.45) is 14.5. The van der Waals surface area contributed by atoms with Gasteiger partial charge in [-0.05, 0) is 24.1 Å². The van der Waals surface area contributed by atoms with Gasteiger partial charge in [0.2, 0.25) is 5.88 Å². The van der Waals surface area contributed by atoms with Gasteiger partial charge in [-0.15, -0.1) is 0 Å². The van der Waals surface area contributed by atoms with Gasteiger partial charge in [0, 0.05) is 24.0 Å². The van der Waals surface area contributed by atoms with Gasteiger partial charge >= 0.3 is 0 Å². The third-order valence-electron chi connectivity index (χ3n) is 3.74. The van der Waals surface area contributed by atoms with E-state index in [-0.39, 0.29) is 0 Å². The number of nitrogens with one attached hydrogen (secondary N) is 1.